The number of rotatable bonds is 3. The molecule has 0 saturated carbocycles. The van der Waals surface area contributed by atoms with Gasteiger partial charge in [0, 0.05) is 38.3 Å². The molecule has 1 aliphatic heterocycles. The highest BCUT2D eigenvalue weighted by Crippen LogP contribution is 2.53. The maximum absolute atomic E-state index is 6.20. The SMILES string of the molecule is CC1(C)c2ccccc2N(c2ccc3c4ccccc4c4ccccc4c3c2)c2ccc(-c3ccc4c(c3)c3ccccc3n4-c3ccc4oc5ccccc5c4c3)cc21. The smallest absolute Gasteiger partial charge is 0.135 e. The number of nitrogens with zero attached hydrogens (tertiary/aromatic N) is 2. The highest BCUT2D eigenvalue weighted by Gasteiger charge is 2.37. The summed E-state index contributed by atoms with van der Waals surface area (Å²) in [5, 5.41) is 12.4. The first-order chi connectivity index (χ1) is 29.5. The van der Waals surface area contributed by atoms with E-state index in [0.717, 1.165) is 33.3 Å². The summed E-state index contributed by atoms with van der Waals surface area (Å²) >= 11 is 0. The van der Waals surface area contributed by atoms with Crippen molar-refractivity contribution >= 4 is 93.1 Å². The lowest BCUT2D eigenvalue weighted by Gasteiger charge is -2.42. The number of fused-ring (bicyclic) bond motifs is 14. The second kappa shape index (κ2) is 12.2. The van der Waals surface area contributed by atoms with Gasteiger partial charge in [-0.2, -0.15) is 0 Å². The molecule has 0 radical (unpaired) electrons. The van der Waals surface area contributed by atoms with E-state index in [0.29, 0.717) is 0 Å². The third kappa shape index (κ3) is 4.60. The van der Waals surface area contributed by atoms with Crippen LogP contribution in [0.25, 0.3) is 92.9 Å². The number of benzene rings is 10. The van der Waals surface area contributed by atoms with Crippen LogP contribution in [-0.4, -0.2) is 4.57 Å². The molecule has 3 heterocycles. The molecule has 0 unspecified atom stereocenters. The molecule has 282 valence electrons. The topological polar surface area (TPSA) is 21.3 Å². The van der Waals surface area contributed by atoms with E-state index in [1.54, 1.807) is 0 Å². The summed E-state index contributed by atoms with van der Waals surface area (Å²) in [6.07, 6.45) is 0. The number of hydrogen-bond donors (Lipinski definition) is 0. The second-order valence-corrected chi connectivity index (χ2v) is 16.9. The van der Waals surface area contributed by atoms with Crippen molar-refractivity contribution in [2.45, 2.75) is 19.3 Å². The van der Waals surface area contributed by atoms with Gasteiger partial charge in [0.2, 0.25) is 0 Å². The van der Waals surface area contributed by atoms with Crippen molar-refractivity contribution < 1.29 is 4.42 Å². The van der Waals surface area contributed by atoms with E-state index in [1.165, 1.54) is 87.8 Å². The monoisotopic (exact) mass is 766 g/mol. The lowest BCUT2D eigenvalue weighted by molar-refractivity contribution is 0.632. The van der Waals surface area contributed by atoms with Gasteiger partial charge in [-0.3, -0.25) is 0 Å². The van der Waals surface area contributed by atoms with Crippen molar-refractivity contribution in [1.82, 2.24) is 4.57 Å². The Hall–Kier alpha value is -7.62. The van der Waals surface area contributed by atoms with Gasteiger partial charge in [0.15, 0.2) is 0 Å². The molecule has 10 aromatic carbocycles. The summed E-state index contributed by atoms with van der Waals surface area (Å²) in [7, 11) is 0. The van der Waals surface area contributed by atoms with Gasteiger partial charge in [-0.1, -0.05) is 135 Å². The first-order valence-electron chi connectivity index (χ1n) is 20.8. The number of aromatic nitrogens is 1. The second-order valence-electron chi connectivity index (χ2n) is 16.9. The predicted molar refractivity (Wildman–Crippen MR) is 253 cm³/mol. The molecule has 13 rings (SSSR count). The number of hydrogen-bond acceptors (Lipinski definition) is 2. The Labute approximate surface area is 346 Å². The van der Waals surface area contributed by atoms with Crippen LogP contribution >= 0.6 is 0 Å². The minimum Gasteiger partial charge on any atom is -0.456 e. The molecule has 0 bridgehead atoms. The largest absolute Gasteiger partial charge is 0.456 e. The van der Waals surface area contributed by atoms with Crippen LogP contribution in [0.4, 0.5) is 17.1 Å². The van der Waals surface area contributed by atoms with Crippen molar-refractivity contribution in [3.8, 4) is 16.8 Å². The zero-order valence-electron chi connectivity index (χ0n) is 33.3. The molecule has 2 aromatic heterocycles. The van der Waals surface area contributed by atoms with Crippen molar-refractivity contribution in [3.63, 3.8) is 0 Å². The van der Waals surface area contributed by atoms with Gasteiger partial charge in [0.05, 0.1) is 22.4 Å². The van der Waals surface area contributed by atoms with Gasteiger partial charge < -0.3 is 13.9 Å². The molecule has 0 saturated heterocycles. The minimum absolute atomic E-state index is 0.228. The molecule has 1 aliphatic rings. The molecule has 0 spiro atoms. The molecule has 60 heavy (non-hydrogen) atoms. The molecule has 0 aliphatic carbocycles. The van der Waals surface area contributed by atoms with Gasteiger partial charge in [-0.05, 0) is 127 Å². The third-order valence-corrected chi connectivity index (χ3v) is 13.3. The molecule has 12 aromatic rings. The quantitative estimate of drug-likeness (QED) is 0.167. The molecule has 0 atom stereocenters. The molecule has 0 fully saturated rings. The van der Waals surface area contributed by atoms with Crippen LogP contribution in [0.1, 0.15) is 25.0 Å². The Morgan fingerprint density at radius 2 is 0.900 bits per heavy atom. The molecule has 0 N–H and O–H groups in total. The fraction of sp³-hybridized carbons (Fsp3) is 0.0526. The number of furan rings is 1. The Bertz CT molecular complexity index is 3730. The average molecular weight is 767 g/mol. The Kier molecular flexibility index (Phi) is 6.78. The summed E-state index contributed by atoms with van der Waals surface area (Å²) in [6.45, 7) is 4.76. The fourth-order valence-corrected chi connectivity index (χ4v) is 10.5. The van der Waals surface area contributed by atoms with Gasteiger partial charge >= 0.3 is 0 Å². The Morgan fingerprint density at radius 1 is 0.350 bits per heavy atom. The van der Waals surface area contributed by atoms with E-state index in [-0.39, 0.29) is 5.41 Å². The molecular weight excluding hydrogens is 729 g/mol. The first-order valence-corrected chi connectivity index (χ1v) is 20.8. The molecule has 3 nitrogen and oxygen atoms in total. The first kappa shape index (κ1) is 33.4. The van der Waals surface area contributed by atoms with Crippen molar-refractivity contribution in [2.24, 2.45) is 0 Å². The van der Waals surface area contributed by atoms with Crippen LogP contribution in [-0.2, 0) is 5.41 Å². The van der Waals surface area contributed by atoms with Gasteiger partial charge in [-0.25, -0.2) is 0 Å². The molecular formula is C57H38N2O. The van der Waals surface area contributed by atoms with E-state index in [9.17, 15) is 0 Å². The van der Waals surface area contributed by atoms with Crippen molar-refractivity contribution in [2.75, 3.05) is 4.90 Å². The standard InChI is InChI=1S/C57H38N2O/c1-57(2)49-19-9-11-21-53(49)59(37-25-27-43-41-15-4-3-13-39(41)40-14-5-6-16-42(40)46(43)33-37)54-29-24-36(32-50(54)57)35-23-28-52-47(31-35)44-17-7-10-20-51(44)58(52)38-26-30-56-48(34-38)45-18-8-12-22-55(45)60-56/h3-34H,1-2H3. The zero-order chi connectivity index (χ0) is 39.7. The Balaban J connectivity index is 0.980. The summed E-state index contributed by atoms with van der Waals surface area (Å²) in [4.78, 5) is 2.49. The predicted octanol–water partition coefficient (Wildman–Crippen LogP) is 15.9. The summed E-state index contributed by atoms with van der Waals surface area (Å²) in [6, 6.07) is 71.4. The fourth-order valence-electron chi connectivity index (χ4n) is 10.5. The van der Waals surface area contributed by atoms with E-state index in [4.69, 9.17) is 4.42 Å². The Morgan fingerprint density at radius 3 is 1.70 bits per heavy atom. The van der Waals surface area contributed by atoms with Crippen LogP contribution < -0.4 is 4.90 Å². The van der Waals surface area contributed by atoms with Crippen LogP contribution in [0.3, 0.4) is 0 Å². The van der Waals surface area contributed by atoms with E-state index < -0.39 is 0 Å². The van der Waals surface area contributed by atoms with E-state index in [2.05, 4.69) is 205 Å². The zero-order valence-corrected chi connectivity index (χ0v) is 33.3. The molecule has 3 heteroatoms. The van der Waals surface area contributed by atoms with Gasteiger partial charge in [-0.15, -0.1) is 0 Å². The highest BCUT2D eigenvalue weighted by molar-refractivity contribution is 6.26. The average Bonchev–Trinajstić information content (AvgIpc) is 3.84. The summed E-state index contributed by atoms with van der Waals surface area (Å²) in [5.74, 6) is 0. The van der Waals surface area contributed by atoms with Crippen LogP contribution in [0.5, 0.6) is 0 Å². The van der Waals surface area contributed by atoms with Crippen molar-refractivity contribution in [1.29, 1.82) is 0 Å². The minimum atomic E-state index is -0.228. The van der Waals surface area contributed by atoms with Crippen LogP contribution in [0.2, 0.25) is 0 Å². The van der Waals surface area contributed by atoms with Crippen LogP contribution in [0, 0.1) is 0 Å². The lowest BCUT2D eigenvalue weighted by atomic mass is 9.73. The van der Waals surface area contributed by atoms with Gasteiger partial charge in [0.1, 0.15) is 11.2 Å². The summed E-state index contributed by atoms with van der Waals surface area (Å²) in [5.41, 5.74) is 13.7. The van der Waals surface area contributed by atoms with Crippen molar-refractivity contribution in [3.05, 3.63) is 205 Å². The van der Waals surface area contributed by atoms with E-state index >= 15 is 0 Å². The maximum Gasteiger partial charge on any atom is 0.135 e. The lowest BCUT2D eigenvalue weighted by Crippen LogP contribution is -2.30. The summed E-state index contributed by atoms with van der Waals surface area (Å²) < 4.78 is 8.60. The maximum atomic E-state index is 6.20. The van der Waals surface area contributed by atoms with E-state index in [1.807, 2.05) is 12.1 Å². The highest BCUT2D eigenvalue weighted by atomic mass is 16.3. The number of para-hydroxylation sites is 3. The normalized spacial score (nSPS) is 13.6. The number of anilines is 3. The third-order valence-electron chi connectivity index (χ3n) is 13.3. The molecule has 0 amide bonds. The van der Waals surface area contributed by atoms with Gasteiger partial charge in [0.25, 0.3) is 0 Å². The van der Waals surface area contributed by atoms with Crippen LogP contribution in [0.15, 0.2) is 199 Å².